The van der Waals surface area contributed by atoms with Crippen molar-refractivity contribution in [1.29, 1.82) is 0 Å². The van der Waals surface area contributed by atoms with Crippen molar-refractivity contribution in [2.24, 2.45) is 4.99 Å². The molecule has 0 radical (unpaired) electrons. The van der Waals surface area contributed by atoms with Crippen molar-refractivity contribution >= 4 is 22.9 Å². The summed E-state index contributed by atoms with van der Waals surface area (Å²) < 4.78 is 0. The fourth-order valence-electron chi connectivity index (χ4n) is 2.64. The fourth-order valence-corrected chi connectivity index (χ4v) is 3.78. The number of aliphatic imine (C=N–C) groups is 1. The van der Waals surface area contributed by atoms with Gasteiger partial charge in [0.15, 0.2) is 5.17 Å². The normalized spacial score (nSPS) is 22.7. The molecule has 4 nitrogen and oxygen atoms in total. The largest absolute Gasteiger partial charge is 0.478 e. The fraction of sp³-hybridized carbons (Fsp3) is 0.467. The Bertz CT molecular complexity index is 521. The van der Waals surface area contributed by atoms with Gasteiger partial charge in [0, 0.05) is 18.8 Å². The van der Waals surface area contributed by atoms with Crippen molar-refractivity contribution in [3.05, 3.63) is 35.4 Å². The maximum atomic E-state index is 10.9. The number of carboxylic acids is 1. The second-order valence-electron chi connectivity index (χ2n) is 5.21. The number of carboxylic acid groups (broad SMARTS) is 1. The molecule has 0 spiro atoms. The summed E-state index contributed by atoms with van der Waals surface area (Å²) in [4.78, 5) is 18.1. The Hall–Kier alpha value is -1.49. The number of piperidine rings is 1. The predicted molar refractivity (Wildman–Crippen MR) is 81.5 cm³/mol. The molecular formula is C15H18N2O2S. The van der Waals surface area contributed by atoms with E-state index in [9.17, 15) is 4.79 Å². The quantitative estimate of drug-likeness (QED) is 0.909. The number of likely N-dealkylation sites (tertiary alicyclic amines) is 1. The number of hydrogen-bond acceptors (Lipinski definition) is 4. The van der Waals surface area contributed by atoms with Crippen LogP contribution in [0.2, 0.25) is 0 Å². The third-order valence-corrected chi connectivity index (χ3v) is 4.91. The molecule has 1 unspecified atom stereocenters. The van der Waals surface area contributed by atoms with E-state index < -0.39 is 5.97 Å². The van der Waals surface area contributed by atoms with Crippen LogP contribution in [0, 0.1) is 0 Å². The van der Waals surface area contributed by atoms with Gasteiger partial charge in [0.05, 0.1) is 11.6 Å². The molecular weight excluding hydrogens is 272 g/mol. The number of thioether (sulfide) groups is 1. The van der Waals surface area contributed by atoms with Gasteiger partial charge in [0.2, 0.25) is 0 Å². The Labute approximate surface area is 122 Å². The molecule has 0 aromatic heterocycles. The first-order valence-corrected chi connectivity index (χ1v) is 8.01. The van der Waals surface area contributed by atoms with Crippen molar-refractivity contribution in [3.63, 3.8) is 0 Å². The van der Waals surface area contributed by atoms with Gasteiger partial charge in [0.25, 0.3) is 0 Å². The molecule has 2 aliphatic heterocycles. The van der Waals surface area contributed by atoms with Crippen molar-refractivity contribution in [2.75, 3.05) is 18.8 Å². The molecule has 2 aliphatic rings. The summed E-state index contributed by atoms with van der Waals surface area (Å²) in [6, 6.07) is 7.27. The van der Waals surface area contributed by atoms with Crippen LogP contribution in [0.1, 0.15) is 41.2 Å². The van der Waals surface area contributed by atoms with Gasteiger partial charge in [-0.3, -0.25) is 4.99 Å². The van der Waals surface area contributed by atoms with Crippen LogP contribution in [0.25, 0.3) is 0 Å². The Morgan fingerprint density at radius 2 is 1.90 bits per heavy atom. The van der Waals surface area contributed by atoms with Crippen LogP contribution in [0.15, 0.2) is 29.3 Å². The first kappa shape index (κ1) is 13.5. The lowest BCUT2D eigenvalue weighted by Gasteiger charge is -2.27. The number of benzene rings is 1. The minimum absolute atomic E-state index is 0.166. The lowest BCUT2D eigenvalue weighted by atomic mass is 10.1. The van der Waals surface area contributed by atoms with Gasteiger partial charge in [0.1, 0.15) is 0 Å². The second kappa shape index (κ2) is 5.87. The van der Waals surface area contributed by atoms with Crippen molar-refractivity contribution in [1.82, 2.24) is 4.90 Å². The number of nitrogens with zero attached hydrogens (tertiary/aromatic N) is 2. The topological polar surface area (TPSA) is 52.9 Å². The summed E-state index contributed by atoms with van der Waals surface area (Å²) in [5.41, 5.74) is 1.44. The van der Waals surface area contributed by atoms with Gasteiger partial charge in [-0.25, -0.2) is 4.79 Å². The number of hydrogen-bond donors (Lipinski definition) is 1. The first-order chi connectivity index (χ1) is 9.74. The molecule has 0 bridgehead atoms. The molecule has 1 atom stereocenters. The van der Waals surface area contributed by atoms with Gasteiger partial charge in [-0.2, -0.15) is 0 Å². The highest BCUT2D eigenvalue weighted by Crippen LogP contribution is 2.32. The standard InChI is InChI=1S/C15H18N2O2S/c18-14(19)12-6-4-11(5-7-12)13-10-20-15(16-13)17-8-2-1-3-9-17/h4-7,13H,1-3,8-10H2,(H,18,19). The van der Waals surface area contributed by atoms with Gasteiger partial charge in [-0.05, 0) is 37.0 Å². The molecule has 1 aromatic rings. The van der Waals surface area contributed by atoms with Crippen molar-refractivity contribution in [3.8, 4) is 0 Å². The summed E-state index contributed by atoms with van der Waals surface area (Å²) in [5, 5.41) is 10.1. The molecule has 0 aliphatic carbocycles. The van der Waals surface area contributed by atoms with Gasteiger partial charge >= 0.3 is 5.97 Å². The summed E-state index contributed by atoms with van der Waals surface area (Å²) in [5.74, 6) is 0.0768. The van der Waals surface area contributed by atoms with Gasteiger partial charge < -0.3 is 10.0 Å². The minimum atomic E-state index is -0.880. The van der Waals surface area contributed by atoms with Crippen molar-refractivity contribution < 1.29 is 9.90 Å². The maximum Gasteiger partial charge on any atom is 0.335 e. The summed E-state index contributed by atoms with van der Waals surface area (Å²) in [6.07, 6.45) is 3.85. The SMILES string of the molecule is O=C(O)c1ccc(C2CSC(N3CCCCC3)=N2)cc1. The predicted octanol–water partition coefficient (Wildman–Crippen LogP) is 3.01. The Morgan fingerprint density at radius 3 is 2.55 bits per heavy atom. The number of aromatic carboxylic acids is 1. The minimum Gasteiger partial charge on any atom is -0.478 e. The highest BCUT2D eigenvalue weighted by atomic mass is 32.2. The van der Waals surface area contributed by atoms with Crippen LogP contribution >= 0.6 is 11.8 Å². The van der Waals surface area contributed by atoms with Crippen LogP contribution in [-0.4, -0.2) is 40.0 Å². The Balaban J connectivity index is 1.71. The average molecular weight is 290 g/mol. The summed E-state index contributed by atoms with van der Waals surface area (Å²) in [7, 11) is 0. The molecule has 20 heavy (non-hydrogen) atoms. The molecule has 1 aromatic carbocycles. The van der Waals surface area contributed by atoms with Gasteiger partial charge in [-0.1, -0.05) is 23.9 Å². The van der Waals surface area contributed by atoms with E-state index in [1.807, 2.05) is 23.9 Å². The second-order valence-corrected chi connectivity index (χ2v) is 6.20. The number of carbonyl (C=O) groups is 1. The molecule has 3 rings (SSSR count). The van der Waals surface area contributed by atoms with Crippen LogP contribution in [0.4, 0.5) is 0 Å². The van der Waals surface area contributed by atoms with E-state index in [4.69, 9.17) is 10.1 Å². The molecule has 0 amide bonds. The van der Waals surface area contributed by atoms with E-state index in [-0.39, 0.29) is 6.04 Å². The monoisotopic (exact) mass is 290 g/mol. The van der Waals surface area contributed by atoms with E-state index in [1.54, 1.807) is 12.1 Å². The molecule has 1 N–H and O–H groups in total. The van der Waals surface area contributed by atoms with Crippen LogP contribution < -0.4 is 0 Å². The highest BCUT2D eigenvalue weighted by molar-refractivity contribution is 8.14. The summed E-state index contributed by atoms with van der Waals surface area (Å²) >= 11 is 1.82. The van der Waals surface area contributed by atoms with E-state index in [2.05, 4.69) is 4.90 Å². The smallest absolute Gasteiger partial charge is 0.335 e. The first-order valence-electron chi connectivity index (χ1n) is 7.03. The van der Waals surface area contributed by atoms with Gasteiger partial charge in [-0.15, -0.1) is 0 Å². The highest BCUT2D eigenvalue weighted by Gasteiger charge is 2.24. The van der Waals surface area contributed by atoms with Crippen LogP contribution in [-0.2, 0) is 0 Å². The van der Waals surface area contributed by atoms with E-state index in [0.29, 0.717) is 5.56 Å². The molecule has 0 saturated carbocycles. The zero-order chi connectivity index (χ0) is 13.9. The zero-order valence-corrected chi connectivity index (χ0v) is 12.1. The number of rotatable bonds is 2. The molecule has 2 heterocycles. The zero-order valence-electron chi connectivity index (χ0n) is 11.3. The maximum absolute atomic E-state index is 10.9. The van der Waals surface area contributed by atoms with E-state index in [1.165, 1.54) is 19.3 Å². The van der Waals surface area contributed by atoms with Crippen LogP contribution in [0.3, 0.4) is 0 Å². The third kappa shape index (κ3) is 2.82. The number of amidine groups is 1. The van der Waals surface area contributed by atoms with E-state index in [0.717, 1.165) is 29.6 Å². The summed E-state index contributed by atoms with van der Waals surface area (Å²) in [6.45, 7) is 2.24. The van der Waals surface area contributed by atoms with E-state index >= 15 is 0 Å². The molecule has 106 valence electrons. The Kier molecular flexibility index (Phi) is 3.96. The molecule has 5 heteroatoms. The third-order valence-electron chi connectivity index (χ3n) is 3.81. The Morgan fingerprint density at radius 1 is 1.20 bits per heavy atom. The van der Waals surface area contributed by atoms with Crippen molar-refractivity contribution in [2.45, 2.75) is 25.3 Å². The molecule has 1 saturated heterocycles. The average Bonchev–Trinajstić information content (AvgIpc) is 2.98. The van der Waals surface area contributed by atoms with Crippen LogP contribution in [0.5, 0.6) is 0 Å². The lowest BCUT2D eigenvalue weighted by molar-refractivity contribution is 0.0697. The molecule has 1 fully saturated rings. The lowest BCUT2D eigenvalue weighted by Crippen LogP contribution is -2.33.